The maximum Gasteiger partial charge on any atom is 0.269 e. The molecule has 1 aromatic carbocycles. The summed E-state index contributed by atoms with van der Waals surface area (Å²) >= 11 is 0. The van der Waals surface area contributed by atoms with Crippen molar-refractivity contribution in [3.05, 3.63) is 46.1 Å². The lowest BCUT2D eigenvalue weighted by Crippen LogP contribution is -2.31. The third-order valence-corrected chi connectivity index (χ3v) is 6.10. The topological polar surface area (TPSA) is 110 Å². The molecule has 1 aromatic heterocycles. The molecule has 148 valence electrons. The van der Waals surface area contributed by atoms with Crippen molar-refractivity contribution in [1.29, 1.82) is 0 Å². The van der Waals surface area contributed by atoms with E-state index in [4.69, 9.17) is 0 Å². The zero-order chi connectivity index (χ0) is 20.0. The average Bonchev–Trinajstić information content (AvgIpc) is 3.01. The SMILES string of the molecule is CCS(=O)(=O)N(C)CCCNCc1cn(C)nc1-c1ccc([N+](=O)[O-])cc1. The van der Waals surface area contributed by atoms with Crippen molar-refractivity contribution >= 4 is 15.7 Å². The molecule has 1 N–H and O–H groups in total. The fourth-order valence-corrected chi connectivity index (χ4v) is 3.51. The summed E-state index contributed by atoms with van der Waals surface area (Å²) in [4.78, 5) is 10.4. The van der Waals surface area contributed by atoms with Gasteiger partial charge in [-0.3, -0.25) is 14.8 Å². The number of aromatic nitrogens is 2. The van der Waals surface area contributed by atoms with Crippen molar-refractivity contribution in [3.63, 3.8) is 0 Å². The Hall–Kier alpha value is -2.30. The molecular weight excluding hydrogens is 370 g/mol. The van der Waals surface area contributed by atoms with Gasteiger partial charge in [0.2, 0.25) is 10.0 Å². The Morgan fingerprint density at radius 3 is 2.56 bits per heavy atom. The van der Waals surface area contributed by atoms with Crippen LogP contribution in [0.5, 0.6) is 0 Å². The number of nitro benzene ring substituents is 1. The molecule has 1 heterocycles. The summed E-state index contributed by atoms with van der Waals surface area (Å²) in [5.41, 5.74) is 2.60. The summed E-state index contributed by atoms with van der Waals surface area (Å²) < 4.78 is 26.5. The zero-order valence-electron chi connectivity index (χ0n) is 15.8. The van der Waals surface area contributed by atoms with Crippen LogP contribution in [0.25, 0.3) is 11.3 Å². The predicted molar refractivity (Wildman–Crippen MR) is 104 cm³/mol. The van der Waals surface area contributed by atoms with Gasteiger partial charge in [-0.15, -0.1) is 0 Å². The van der Waals surface area contributed by atoms with E-state index in [2.05, 4.69) is 10.4 Å². The standard InChI is InChI=1S/C17H25N5O4S/c1-4-27(25,26)21(3)11-5-10-18-12-15-13-20(2)19-17(15)14-6-8-16(9-7-14)22(23)24/h6-9,13,18H,4-5,10-12H2,1-3H3. The van der Waals surface area contributed by atoms with Crippen LogP contribution < -0.4 is 5.32 Å². The maximum atomic E-state index is 11.7. The molecule has 2 aromatic rings. The summed E-state index contributed by atoms with van der Waals surface area (Å²) in [6, 6.07) is 6.31. The molecule has 0 aliphatic rings. The van der Waals surface area contributed by atoms with Gasteiger partial charge >= 0.3 is 0 Å². The molecule has 9 nitrogen and oxygen atoms in total. The van der Waals surface area contributed by atoms with Crippen LogP contribution in [0.15, 0.2) is 30.5 Å². The van der Waals surface area contributed by atoms with Gasteiger partial charge in [0.05, 0.1) is 16.4 Å². The second-order valence-electron chi connectivity index (χ2n) is 6.23. The van der Waals surface area contributed by atoms with Crippen molar-refractivity contribution in [2.24, 2.45) is 7.05 Å². The second kappa shape index (κ2) is 9.07. The number of hydrogen-bond donors (Lipinski definition) is 1. The van der Waals surface area contributed by atoms with Gasteiger partial charge in [0.15, 0.2) is 0 Å². The number of sulfonamides is 1. The molecule has 0 spiro atoms. The Kier molecular flexibility index (Phi) is 7.05. The third kappa shape index (κ3) is 5.59. The minimum Gasteiger partial charge on any atom is -0.312 e. The van der Waals surface area contributed by atoms with Crippen molar-refractivity contribution in [2.45, 2.75) is 19.9 Å². The lowest BCUT2D eigenvalue weighted by atomic mass is 10.1. The fraction of sp³-hybridized carbons (Fsp3) is 0.471. The molecule has 27 heavy (non-hydrogen) atoms. The molecule has 0 atom stereocenters. The number of rotatable bonds is 10. The van der Waals surface area contributed by atoms with Crippen LogP contribution in [-0.2, 0) is 23.6 Å². The normalized spacial score (nSPS) is 11.9. The molecule has 0 fully saturated rings. The van der Waals surface area contributed by atoms with Gasteiger partial charge in [0, 0.05) is 56.6 Å². The minimum atomic E-state index is -3.14. The monoisotopic (exact) mass is 395 g/mol. The molecule has 0 amide bonds. The fourth-order valence-electron chi connectivity index (χ4n) is 2.66. The van der Waals surface area contributed by atoms with Gasteiger partial charge < -0.3 is 5.32 Å². The maximum absolute atomic E-state index is 11.7. The van der Waals surface area contributed by atoms with Crippen molar-refractivity contribution in [1.82, 2.24) is 19.4 Å². The van der Waals surface area contributed by atoms with Gasteiger partial charge in [-0.2, -0.15) is 5.10 Å². The van der Waals surface area contributed by atoms with Crippen LogP contribution in [0.2, 0.25) is 0 Å². The molecule has 0 saturated carbocycles. The lowest BCUT2D eigenvalue weighted by Gasteiger charge is -2.15. The number of non-ortho nitro benzene ring substituents is 1. The van der Waals surface area contributed by atoms with Gasteiger partial charge in [-0.25, -0.2) is 12.7 Å². The summed E-state index contributed by atoms with van der Waals surface area (Å²) in [6.45, 7) is 3.33. The summed E-state index contributed by atoms with van der Waals surface area (Å²) in [7, 11) is 0.270. The van der Waals surface area contributed by atoms with E-state index in [1.54, 1.807) is 30.8 Å². The largest absolute Gasteiger partial charge is 0.312 e. The molecule has 0 saturated heterocycles. The highest BCUT2D eigenvalue weighted by atomic mass is 32.2. The summed E-state index contributed by atoms with van der Waals surface area (Å²) in [5, 5.41) is 18.5. The first-order valence-corrected chi connectivity index (χ1v) is 10.3. The Bertz CT molecular complexity index is 877. The smallest absolute Gasteiger partial charge is 0.269 e. The van der Waals surface area contributed by atoms with Crippen molar-refractivity contribution in [2.75, 3.05) is 25.9 Å². The summed E-state index contributed by atoms with van der Waals surface area (Å²) in [6.07, 6.45) is 2.60. The molecule has 2 rings (SSSR count). The number of hydrogen-bond acceptors (Lipinski definition) is 6. The molecule has 0 aliphatic heterocycles. The Balaban J connectivity index is 1.93. The number of benzene rings is 1. The van der Waals surface area contributed by atoms with Gasteiger partial charge in [0.1, 0.15) is 0 Å². The van der Waals surface area contributed by atoms with E-state index in [-0.39, 0.29) is 11.4 Å². The number of nitrogens with one attached hydrogen (secondary N) is 1. The summed E-state index contributed by atoms with van der Waals surface area (Å²) in [5.74, 6) is 0.102. The van der Waals surface area contributed by atoms with Gasteiger partial charge in [0.25, 0.3) is 5.69 Å². The highest BCUT2D eigenvalue weighted by molar-refractivity contribution is 7.89. The van der Waals surface area contributed by atoms with E-state index >= 15 is 0 Å². The molecule has 0 radical (unpaired) electrons. The lowest BCUT2D eigenvalue weighted by molar-refractivity contribution is -0.384. The molecule has 0 unspecified atom stereocenters. The van der Waals surface area contributed by atoms with Crippen LogP contribution >= 0.6 is 0 Å². The van der Waals surface area contributed by atoms with E-state index in [1.807, 2.05) is 13.2 Å². The zero-order valence-corrected chi connectivity index (χ0v) is 16.6. The van der Waals surface area contributed by atoms with Crippen molar-refractivity contribution < 1.29 is 13.3 Å². The van der Waals surface area contributed by atoms with Crippen LogP contribution in [-0.4, -0.2) is 53.3 Å². The average molecular weight is 395 g/mol. The number of nitrogens with zero attached hydrogens (tertiary/aromatic N) is 4. The Morgan fingerprint density at radius 2 is 1.96 bits per heavy atom. The number of nitro groups is 1. The van der Waals surface area contributed by atoms with Crippen LogP contribution in [0, 0.1) is 10.1 Å². The van der Waals surface area contributed by atoms with E-state index in [0.29, 0.717) is 26.1 Å². The molecular formula is C17H25N5O4S. The number of aryl methyl sites for hydroxylation is 1. The van der Waals surface area contributed by atoms with E-state index in [1.165, 1.54) is 16.4 Å². The van der Waals surface area contributed by atoms with E-state index in [0.717, 1.165) is 16.8 Å². The predicted octanol–water partition coefficient (Wildman–Crippen LogP) is 1.76. The highest BCUT2D eigenvalue weighted by Gasteiger charge is 2.14. The quantitative estimate of drug-likeness (QED) is 0.373. The van der Waals surface area contributed by atoms with Crippen LogP contribution in [0.1, 0.15) is 18.9 Å². The molecule has 0 aliphatic carbocycles. The van der Waals surface area contributed by atoms with Crippen molar-refractivity contribution in [3.8, 4) is 11.3 Å². The third-order valence-electron chi connectivity index (χ3n) is 4.24. The first kappa shape index (κ1) is 21.0. The van der Waals surface area contributed by atoms with E-state index < -0.39 is 14.9 Å². The first-order valence-electron chi connectivity index (χ1n) is 8.66. The molecule has 10 heteroatoms. The van der Waals surface area contributed by atoms with Gasteiger partial charge in [-0.1, -0.05) is 0 Å². The van der Waals surface area contributed by atoms with E-state index in [9.17, 15) is 18.5 Å². The molecule has 0 bridgehead atoms. The Morgan fingerprint density at radius 1 is 1.30 bits per heavy atom. The Labute approximate surface area is 159 Å². The van der Waals surface area contributed by atoms with Crippen LogP contribution in [0.4, 0.5) is 5.69 Å². The first-order chi connectivity index (χ1) is 12.7. The van der Waals surface area contributed by atoms with Crippen LogP contribution in [0.3, 0.4) is 0 Å². The van der Waals surface area contributed by atoms with Gasteiger partial charge in [-0.05, 0) is 32.0 Å². The minimum absolute atomic E-state index is 0.0421. The second-order valence-corrected chi connectivity index (χ2v) is 8.60. The highest BCUT2D eigenvalue weighted by Crippen LogP contribution is 2.24.